The molecule has 1 heterocycles. The fourth-order valence-electron chi connectivity index (χ4n) is 1.19. The average Bonchev–Trinajstić information content (AvgIpc) is 2.31. The van der Waals surface area contributed by atoms with Crippen LogP contribution in [-0.2, 0) is 0 Å². The van der Waals surface area contributed by atoms with Gasteiger partial charge in [0.1, 0.15) is 0 Å². The number of nitrogens with zero attached hydrogens (tertiary/aromatic N) is 2. The van der Waals surface area contributed by atoms with Gasteiger partial charge >= 0.3 is 0 Å². The van der Waals surface area contributed by atoms with Crippen molar-refractivity contribution in [1.82, 2.24) is 9.97 Å². The first-order valence-corrected chi connectivity index (χ1v) is 5.38. The van der Waals surface area contributed by atoms with Crippen LogP contribution in [0.5, 0.6) is 0 Å². The molecule has 0 bridgehead atoms. The highest BCUT2D eigenvalue weighted by molar-refractivity contribution is 9.10. The number of rotatable bonds is 2. The number of carbonyl (C=O) groups is 1. The molecule has 0 radical (unpaired) electrons. The van der Waals surface area contributed by atoms with E-state index in [2.05, 4.69) is 31.2 Å². The van der Waals surface area contributed by atoms with Gasteiger partial charge in [-0.2, -0.15) is 0 Å². The van der Waals surface area contributed by atoms with E-state index >= 15 is 0 Å². The molecule has 1 N–H and O–H groups in total. The minimum absolute atomic E-state index is 0.215. The summed E-state index contributed by atoms with van der Waals surface area (Å²) in [7, 11) is 0. The molecule has 0 saturated heterocycles. The first-order valence-electron chi connectivity index (χ1n) is 4.59. The summed E-state index contributed by atoms with van der Waals surface area (Å²) in [5, 5.41) is 2.66. The van der Waals surface area contributed by atoms with Crippen molar-refractivity contribution >= 4 is 27.7 Å². The molecule has 16 heavy (non-hydrogen) atoms. The van der Waals surface area contributed by atoms with E-state index in [0.717, 1.165) is 4.47 Å². The van der Waals surface area contributed by atoms with E-state index < -0.39 is 0 Å². The summed E-state index contributed by atoms with van der Waals surface area (Å²) in [6.07, 6.45) is 4.57. The number of benzene rings is 1. The third-order valence-corrected chi connectivity index (χ3v) is 2.61. The number of aromatic nitrogens is 2. The third-order valence-electron chi connectivity index (χ3n) is 1.92. The highest BCUT2D eigenvalue weighted by atomic mass is 79.9. The number of carbonyl (C=O) groups excluding carboxylic acids is 1. The number of anilines is 1. The van der Waals surface area contributed by atoms with E-state index in [1.54, 1.807) is 18.3 Å². The van der Waals surface area contributed by atoms with Gasteiger partial charge in [0.25, 0.3) is 5.91 Å². The van der Waals surface area contributed by atoms with E-state index in [4.69, 9.17) is 0 Å². The Hall–Kier alpha value is -1.75. The van der Waals surface area contributed by atoms with Crippen LogP contribution in [0, 0.1) is 0 Å². The maximum absolute atomic E-state index is 11.8. The molecule has 1 aromatic heterocycles. The summed E-state index contributed by atoms with van der Waals surface area (Å²) in [4.78, 5) is 19.7. The molecule has 0 atom stereocenters. The lowest BCUT2D eigenvalue weighted by Crippen LogP contribution is -2.13. The van der Waals surface area contributed by atoms with Gasteiger partial charge in [-0.15, -0.1) is 0 Å². The number of hydrogen-bond acceptors (Lipinski definition) is 3. The van der Waals surface area contributed by atoms with E-state index in [0.29, 0.717) is 11.4 Å². The molecular formula is C11H8BrN3O. The largest absolute Gasteiger partial charge is 0.305 e. The van der Waals surface area contributed by atoms with Crippen LogP contribution in [0.1, 0.15) is 10.4 Å². The van der Waals surface area contributed by atoms with E-state index in [1.807, 2.05) is 12.1 Å². The van der Waals surface area contributed by atoms with Gasteiger partial charge in [0.2, 0.25) is 0 Å². The molecular weight excluding hydrogens is 270 g/mol. The molecule has 0 aliphatic rings. The SMILES string of the molecule is O=C(Nc1cnccn1)c1ccccc1Br. The number of hydrogen-bond donors (Lipinski definition) is 1. The normalized spacial score (nSPS) is 9.81. The van der Waals surface area contributed by atoms with Crippen molar-refractivity contribution in [2.24, 2.45) is 0 Å². The fourth-order valence-corrected chi connectivity index (χ4v) is 1.66. The monoisotopic (exact) mass is 277 g/mol. The Balaban J connectivity index is 2.19. The van der Waals surface area contributed by atoms with Crippen molar-refractivity contribution < 1.29 is 4.79 Å². The first-order chi connectivity index (χ1) is 7.77. The number of halogens is 1. The quantitative estimate of drug-likeness (QED) is 0.918. The van der Waals surface area contributed by atoms with Gasteiger partial charge in [-0.25, -0.2) is 4.98 Å². The van der Waals surface area contributed by atoms with Gasteiger partial charge in [0.15, 0.2) is 5.82 Å². The van der Waals surface area contributed by atoms with Crippen LogP contribution in [-0.4, -0.2) is 15.9 Å². The molecule has 1 aromatic carbocycles. The van der Waals surface area contributed by atoms with Crippen molar-refractivity contribution in [3.8, 4) is 0 Å². The Labute approximate surface area is 101 Å². The minimum atomic E-state index is -0.215. The standard InChI is InChI=1S/C11H8BrN3O/c12-9-4-2-1-3-8(9)11(16)15-10-7-13-5-6-14-10/h1-7H,(H,14,15,16). The zero-order chi connectivity index (χ0) is 11.4. The second-order valence-electron chi connectivity index (χ2n) is 3.02. The molecule has 0 saturated carbocycles. The summed E-state index contributed by atoms with van der Waals surface area (Å²) in [6, 6.07) is 7.20. The molecule has 2 rings (SSSR count). The maximum Gasteiger partial charge on any atom is 0.258 e. The lowest BCUT2D eigenvalue weighted by Gasteiger charge is -2.04. The van der Waals surface area contributed by atoms with Crippen LogP contribution >= 0.6 is 15.9 Å². The van der Waals surface area contributed by atoms with Gasteiger partial charge < -0.3 is 5.32 Å². The molecule has 2 aromatic rings. The second kappa shape index (κ2) is 4.85. The Morgan fingerprint density at radius 2 is 2.06 bits per heavy atom. The predicted molar refractivity (Wildman–Crippen MR) is 64.1 cm³/mol. The fraction of sp³-hybridized carbons (Fsp3) is 0. The maximum atomic E-state index is 11.8. The highest BCUT2D eigenvalue weighted by Crippen LogP contribution is 2.16. The Morgan fingerprint density at radius 3 is 2.75 bits per heavy atom. The van der Waals surface area contributed by atoms with Crippen LogP contribution in [0.3, 0.4) is 0 Å². The second-order valence-corrected chi connectivity index (χ2v) is 3.88. The van der Waals surface area contributed by atoms with Gasteiger partial charge in [-0.3, -0.25) is 9.78 Å². The third kappa shape index (κ3) is 2.43. The van der Waals surface area contributed by atoms with E-state index in [1.165, 1.54) is 12.4 Å². The molecule has 0 aliphatic carbocycles. The summed E-state index contributed by atoms with van der Waals surface area (Å²) >= 11 is 3.31. The predicted octanol–water partition coefficient (Wildman–Crippen LogP) is 2.49. The molecule has 80 valence electrons. The topological polar surface area (TPSA) is 54.9 Å². The summed E-state index contributed by atoms with van der Waals surface area (Å²) < 4.78 is 0.747. The lowest BCUT2D eigenvalue weighted by molar-refractivity contribution is 0.102. The molecule has 0 aliphatic heterocycles. The molecule has 1 amide bonds. The lowest BCUT2D eigenvalue weighted by atomic mass is 10.2. The Kier molecular flexibility index (Phi) is 3.26. The zero-order valence-electron chi connectivity index (χ0n) is 8.22. The van der Waals surface area contributed by atoms with Gasteiger partial charge in [-0.1, -0.05) is 12.1 Å². The van der Waals surface area contributed by atoms with Crippen molar-refractivity contribution in [3.63, 3.8) is 0 Å². The van der Waals surface area contributed by atoms with Crippen LogP contribution in [0.15, 0.2) is 47.3 Å². The molecule has 5 heteroatoms. The van der Waals surface area contributed by atoms with Gasteiger partial charge in [0, 0.05) is 16.9 Å². The van der Waals surface area contributed by atoms with Crippen LogP contribution in [0.2, 0.25) is 0 Å². The van der Waals surface area contributed by atoms with Crippen LogP contribution in [0.25, 0.3) is 0 Å². The Bertz CT molecular complexity index is 502. The van der Waals surface area contributed by atoms with Gasteiger partial charge in [0.05, 0.1) is 11.8 Å². The van der Waals surface area contributed by atoms with Crippen LogP contribution < -0.4 is 5.32 Å². The zero-order valence-corrected chi connectivity index (χ0v) is 9.81. The molecule has 0 spiro atoms. The van der Waals surface area contributed by atoms with Crippen molar-refractivity contribution in [2.45, 2.75) is 0 Å². The summed E-state index contributed by atoms with van der Waals surface area (Å²) in [5.74, 6) is 0.219. The number of nitrogens with one attached hydrogen (secondary N) is 1. The average molecular weight is 278 g/mol. The van der Waals surface area contributed by atoms with Gasteiger partial charge in [-0.05, 0) is 28.1 Å². The van der Waals surface area contributed by atoms with Crippen LogP contribution in [0.4, 0.5) is 5.82 Å². The van der Waals surface area contributed by atoms with Crippen molar-refractivity contribution in [1.29, 1.82) is 0 Å². The summed E-state index contributed by atoms with van der Waals surface area (Å²) in [5.41, 5.74) is 0.563. The molecule has 0 unspecified atom stereocenters. The van der Waals surface area contributed by atoms with E-state index in [-0.39, 0.29) is 5.91 Å². The van der Waals surface area contributed by atoms with E-state index in [9.17, 15) is 4.79 Å². The smallest absolute Gasteiger partial charge is 0.258 e. The Morgan fingerprint density at radius 1 is 1.25 bits per heavy atom. The number of amides is 1. The van der Waals surface area contributed by atoms with Crippen molar-refractivity contribution in [2.75, 3.05) is 5.32 Å². The first kappa shape index (κ1) is 10.8. The van der Waals surface area contributed by atoms with Crippen molar-refractivity contribution in [3.05, 3.63) is 52.9 Å². The molecule has 4 nitrogen and oxygen atoms in total. The highest BCUT2D eigenvalue weighted by Gasteiger charge is 2.09. The minimum Gasteiger partial charge on any atom is -0.305 e. The molecule has 0 fully saturated rings. The summed E-state index contributed by atoms with van der Waals surface area (Å²) in [6.45, 7) is 0.